The van der Waals surface area contributed by atoms with Crippen molar-refractivity contribution in [2.75, 3.05) is 13.2 Å². The third kappa shape index (κ3) is 8.87. The summed E-state index contributed by atoms with van der Waals surface area (Å²) < 4.78 is 10.5. The number of rotatable bonds is 12. The lowest BCUT2D eigenvalue weighted by molar-refractivity contribution is -0.140. The molecule has 0 unspecified atom stereocenters. The number of ether oxygens (including phenoxy) is 2. The van der Waals surface area contributed by atoms with Crippen molar-refractivity contribution in [3.63, 3.8) is 0 Å². The van der Waals surface area contributed by atoms with E-state index in [1.54, 1.807) is 43.4 Å². The molecule has 0 spiro atoms. The number of phenols is 3. The number of aliphatic hydroxyl groups excluding tert-OH is 2. The van der Waals surface area contributed by atoms with E-state index in [-0.39, 0.29) is 42.4 Å². The molecule has 9 nitrogen and oxygen atoms in total. The average molecular weight is 537 g/mol. The van der Waals surface area contributed by atoms with Crippen LogP contribution in [0.3, 0.4) is 0 Å². The van der Waals surface area contributed by atoms with Gasteiger partial charge < -0.3 is 35.0 Å². The molecule has 1 heterocycles. The Balaban J connectivity index is 1.47. The van der Waals surface area contributed by atoms with Crippen molar-refractivity contribution in [2.24, 2.45) is 0 Å². The van der Waals surface area contributed by atoms with Crippen molar-refractivity contribution in [2.45, 2.75) is 38.4 Å². The van der Waals surface area contributed by atoms with E-state index in [1.165, 1.54) is 36.4 Å². The minimum absolute atomic E-state index is 0.0375. The maximum absolute atomic E-state index is 12.2. The van der Waals surface area contributed by atoms with Gasteiger partial charge >= 0.3 is 11.9 Å². The smallest absolute Gasteiger partial charge is 0.334 e. The summed E-state index contributed by atoms with van der Waals surface area (Å²) in [6.07, 6.45) is 6.90. The van der Waals surface area contributed by atoms with Gasteiger partial charge in [-0.25, -0.2) is 9.59 Å². The van der Waals surface area contributed by atoms with Crippen molar-refractivity contribution in [1.82, 2.24) is 0 Å². The zero-order valence-electron chi connectivity index (χ0n) is 21.5. The SMILES string of the molecule is C/C(=C\C[C@H](O)/C(=C/CCC1=C[C@@H](c2cc(O)ccc2O)OC1=O)CO)COC(=O)/C=C/c1ccc(O)cc1. The number of carbonyl (C=O) groups is 2. The third-order valence-corrected chi connectivity index (χ3v) is 6.03. The molecule has 1 aliphatic heterocycles. The van der Waals surface area contributed by atoms with Crippen LogP contribution in [-0.2, 0) is 19.1 Å². The zero-order valence-corrected chi connectivity index (χ0v) is 21.5. The fraction of sp³-hybridized carbons (Fsp3) is 0.267. The van der Waals surface area contributed by atoms with E-state index < -0.39 is 24.1 Å². The Labute approximate surface area is 226 Å². The fourth-order valence-corrected chi connectivity index (χ4v) is 3.81. The van der Waals surface area contributed by atoms with Crippen LogP contribution in [-0.4, -0.2) is 56.8 Å². The van der Waals surface area contributed by atoms with Crippen molar-refractivity contribution < 1.29 is 44.6 Å². The minimum atomic E-state index is -0.962. The first kappa shape index (κ1) is 29.2. The van der Waals surface area contributed by atoms with Gasteiger partial charge in [0.15, 0.2) is 0 Å². The Morgan fingerprint density at radius 3 is 2.51 bits per heavy atom. The second-order valence-corrected chi connectivity index (χ2v) is 9.07. The lowest BCUT2D eigenvalue weighted by atomic mass is 10.0. The molecule has 2 atom stereocenters. The number of carbonyl (C=O) groups excluding carboxylic acids is 2. The summed E-state index contributed by atoms with van der Waals surface area (Å²) in [7, 11) is 0. The van der Waals surface area contributed by atoms with Gasteiger partial charge in [0.25, 0.3) is 0 Å². The Morgan fingerprint density at radius 1 is 1.08 bits per heavy atom. The summed E-state index contributed by atoms with van der Waals surface area (Å²) in [4.78, 5) is 24.2. The van der Waals surface area contributed by atoms with E-state index >= 15 is 0 Å². The van der Waals surface area contributed by atoms with Crippen LogP contribution in [0.25, 0.3) is 6.08 Å². The molecule has 1 aliphatic rings. The van der Waals surface area contributed by atoms with Gasteiger partial charge in [-0.1, -0.05) is 24.3 Å². The highest BCUT2D eigenvalue weighted by Gasteiger charge is 2.28. The van der Waals surface area contributed by atoms with Crippen molar-refractivity contribution in [3.8, 4) is 17.2 Å². The van der Waals surface area contributed by atoms with E-state index in [0.717, 1.165) is 11.1 Å². The van der Waals surface area contributed by atoms with Crippen molar-refractivity contribution in [3.05, 3.63) is 94.6 Å². The number of hydrogen-bond acceptors (Lipinski definition) is 9. The van der Waals surface area contributed by atoms with Crippen LogP contribution in [0.5, 0.6) is 17.2 Å². The summed E-state index contributed by atoms with van der Waals surface area (Å²) in [5.74, 6) is -1.09. The summed E-state index contributed by atoms with van der Waals surface area (Å²) in [6.45, 7) is 1.43. The maximum atomic E-state index is 12.2. The van der Waals surface area contributed by atoms with Gasteiger partial charge in [-0.3, -0.25) is 0 Å². The summed E-state index contributed by atoms with van der Waals surface area (Å²) >= 11 is 0. The standard InChI is InChI=1S/C30H32O9/c1-19(18-38-29(36)14-8-20-6-9-23(32)10-7-20)5-12-26(34)22(17-31)4-2-3-21-15-28(39-30(21)37)25-16-24(33)11-13-27(25)35/h4-11,13-16,26,28,31-35H,2-3,12,17-18H2,1H3/b14-8+,19-5+,22-4+/t26-,28-/m0/s1. The van der Waals surface area contributed by atoms with Gasteiger partial charge in [0.2, 0.25) is 0 Å². The summed E-state index contributed by atoms with van der Waals surface area (Å²) in [6, 6.07) is 10.3. The van der Waals surface area contributed by atoms with Gasteiger partial charge in [-0.05, 0) is 85.4 Å². The van der Waals surface area contributed by atoms with Crippen LogP contribution >= 0.6 is 0 Å². The Kier molecular flexibility index (Phi) is 10.5. The molecule has 0 saturated heterocycles. The fourth-order valence-electron chi connectivity index (χ4n) is 3.81. The van der Waals surface area contributed by atoms with Crippen LogP contribution in [0.2, 0.25) is 0 Å². The summed E-state index contributed by atoms with van der Waals surface area (Å²) in [5.41, 5.74) is 2.52. The maximum Gasteiger partial charge on any atom is 0.334 e. The van der Waals surface area contributed by atoms with Gasteiger partial charge in [0.05, 0.1) is 12.7 Å². The number of hydrogen-bond donors (Lipinski definition) is 5. The van der Waals surface area contributed by atoms with Gasteiger partial charge in [-0.2, -0.15) is 0 Å². The first-order valence-corrected chi connectivity index (χ1v) is 12.4. The molecule has 39 heavy (non-hydrogen) atoms. The third-order valence-electron chi connectivity index (χ3n) is 6.03. The Bertz CT molecular complexity index is 1290. The molecule has 0 aliphatic carbocycles. The molecule has 0 amide bonds. The highest BCUT2D eigenvalue weighted by atomic mass is 16.5. The summed E-state index contributed by atoms with van der Waals surface area (Å²) in [5, 5.41) is 49.1. The molecule has 2 aromatic carbocycles. The van der Waals surface area contributed by atoms with Crippen LogP contribution in [0, 0.1) is 0 Å². The Morgan fingerprint density at radius 2 is 1.79 bits per heavy atom. The lowest BCUT2D eigenvalue weighted by Gasteiger charge is -2.12. The van der Waals surface area contributed by atoms with Gasteiger partial charge in [0.1, 0.15) is 30.0 Å². The second-order valence-electron chi connectivity index (χ2n) is 9.07. The number of allylic oxidation sites excluding steroid dienone is 1. The van der Waals surface area contributed by atoms with Crippen LogP contribution in [0.4, 0.5) is 0 Å². The molecule has 2 aromatic rings. The van der Waals surface area contributed by atoms with E-state index in [1.807, 2.05) is 0 Å². The first-order valence-electron chi connectivity index (χ1n) is 12.4. The minimum Gasteiger partial charge on any atom is -0.508 e. The zero-order chi connectivity index (χ0) is 28.4. The number of phenolic OH excluding ortho intramolecular Hbond substituents is 3. The highest BCUT2D eigenvalue weighted by molar-refractivity contribution is 5.91. The topological polar surface area (TPSA) is 154 Å². The van der Waals surface area contributed by atoms with Crippen molar-refractivity contribution >= 4 is 18.0 Å². The first-order chi connectivity index (χ1) is 18.7. The highest BCUT2D eigenvalue weighted by Crippen LogP contribution is 2.36. The number of esters is 2. The quantitative estimate of drug-likeness (QED) is 0.117. The Hall–Kier alpha value is -4.34. The van der Waals surface area contributed by atoms with Gasteiger partial charge in [-0.15, -0.1) is 0 Å². The van der Waals surface area contributed by atoms with Crippen molar-refractivity contribution in [1.29, 1.82) is 0 Å². The lowest BCUT2D eigenvalue weighted by Crippen LogP contribution is -2.13. The van der Waals surface area contributed by atoms with E-state index in [0.29, 0.717) is 24.0 Å². The molecule has 0 saturated carbocycles. The molecule has 0 bridgehead atoms. The molecule has 0 radical (unpaired) electrons. The average Bonchev–Trinajstić information content (AvgIpc) is 3.29. The normalized spacial score (nSPS) is 16.7. The van der Waals surface area contributed by atoms with E-state index in [2.05, 4.69) is 0 Å². The van der Waals surface area contributed by atoms with Crippen LogP contribution in [0.15, 0.2) is 83.5 Å². The molecular weight excluding hydrogens is 504 g/mol. The van der Waals surface area contributed by atoms with Crippen LogP contribution in [0.1, 0.15) is 43.4 Å². The molecule has 5 N–H and O–H groups in total. The predicted octanol–water partition coefficient (Wildman–Crippen LogP) is 3.98. The number of aromatic hydroxyl groups is 3. The monoisotopic (exact) mass is 536 g/mol. The molecule has 0 aromatic heterocycles. The number of aliphatic hydroxyl groups is 2. The molecular formula is C30H32O9. The molecule has 206 valence electrons. The van der Waals surface area contributed by atoms with E-state index in [4.69, 9.17) is 9.47 Å². The second kappa shape index (κ2) is 14.0. The van der Waals surface area contributed by atoms with Crippen LogP contribution < -0.4 is 0 Å². The number of cyclic esters (lactones) is 1. The van der Waals surface area contributed by atoms with Gasteiger partial charge in [0, 0.05) is 17.2 Å². The number of benzene rings is 2. The predicted molar refractivity (Wildman–Crippen MR) is 144 cm³/mol. The molecule has 3 rings (SSSR count). The molecule has 0 fully saturated rings. The van der Waals surface area contributed by atoms with E-state index in [9.17, 15) is 35.1 Å². The largest absolute Gasteiger partial charge is 0.508 e. The molecule has 9 heteroatoms.